The molecular formula is C45H36Cl4N2O3. The molecule has 8 rings (SSSR count). The van der Waals surface area contributed by atoms with Crippen molar-refractivity contribution in [2.75, 3.05) is 9.80 Å². The second kappa shape index (κ2) is 12.8. The molecule has 3 aliphatic rings. The molecule has 0 amide bonds. The zero-order valence-electron chi connectivity index (χ0n) is 31.1. The molecule has 0 unspecified atom stereocenters. The maximum absolute atomic E-state index is 13.9. The molecule has 5 nitrogen and oxygen atoms in total. The van der Waals surface area contributed by atoms with E-state index in [-0.39, 0.29) is 36.8 Å². The summed E-state index contributed by atoms with van der Waals surface area (Å²) in [6.07, 6.45) is 3.44. The van der Waals surface area contributed by atoms with Gasteiger partial charge in [-0.15, -0.1) is 0 Å². The summed E-state index contributed by atoms with van der Waals surface area (Å²) in [5.74, 6) is 0.381. The van der Waals surface area contributed by atoms with Crippen molar-refractivity contribution in [1.82, 2.24) is 0 Å². The molecule has 0 saturated carbocycles. The second-order valence-corrected chi connectivity index (χ2v) is 16.5. The Hall–Kier alpha value is -4.52. The van der Waals surface area contributed by atoms with Crippen LogP contribution in [0.15, 0.2) is 84.1 Å². The molecule has 9 heteroatoms. The molecule has 5 aromatic carbocycles. The number of halogens is 4. The van der Waals surface area contributed by atoms with Gasteiger partial charge in [-0.25, -0.2) is 0 Å². The van der Waals surface area contributed by atoms with Crippen molar-refractivity contribution < 1.29 is 14.3 Å². The van der Waals surface area contributed by atoms with E-state index in [2.05, 4.69) is 108 Å². The van der Waals surface area contributed by atoms with Crippen LogP contribution in [0.25, 0.3) is 0 Å². The Morgan fingerprint density at radius 1 is 0.574 bits per heavy atom. The van der Waals surface area contributed by atoms with Gasteiger partial charge in [0, 0.05) is 11.1 Å². The van der Waals surface area contributed by atoms with Crippen LogP contribution in [0.4, 0.5) is 28.4 Å². The quantitative estimate of drug-likeness (QED) is 0.0773. The van der Waals surface area contributed by atoms with E-state index in [1.54, 1.807) is 6.08 Å². The van der Waals surface area contributed by atoms with Crippen molar-refractivity contribution >= 4 is 86.4 Å². The Balaban J connectivity index is 1.38. The van der Waals surface area contributed by atoms with Gasteiger partial charge in [-0.2, -0.15) is 0 Å². The van der Waals surface area contributed by atoms with Gasteiger partial charge in [0.2, 0.25) is 0 Å². The van der Waals surface area contributed by atoms with E-state index in [1.807, 2.05) is 24.3 Å². The van der Waals surface area contributed by atoms with Crippen LogP contribution in [-0.4, -0.2) is 11.6 Å². The van der Waals surface area contributed by atoms with Crippen molar-refractivity contribution in [3.63, 3.8) is 0 Å². The Morgan fingerprint density at radius 3 is 1.61 bits per heavy atom. The fraction of sp³-hybridized carbons (Fsp3) is 0.200. The number of hydrogen-bond acceptors (Lipinski definition) is 5. The van der Waals surface area contributed by atoms with Crippen molar-refractivity contribution in [2.45, 2.75) is 60.8 Å². The molecule has 2 aliphatic heterocycles. The van der Waals surface area contributed by atoms with Crippen LogP contribution in [0.1, 0.15) is 73.5 Å². The number of carbonyl (C=O) groups excluding carboxylic acids is 2. The van der Waals surface area contributed by atoms with E-state index in [9.17, 15) is 9.59 Å². The van der Waals surface area contributed by atoms with E-state index < -0.39 is 17.0 Å². The van der Waals surface area contributed by atoms with Crippen LogP contribution in [0.3, 0.4) is 0 Å². The predicted molar refractivity (Wildman–Crippen MR) is 223 cm³/mol. The van der Waals surface area contributed by atoms with Gasteiger partial charge in [-0.1, -0.05) is 108 Å². The number of rotatable bonds is 3. The van der Waals surface area contributed by atoms with Crippen molar-refractivity contribution in [3.05, 3.63) is 154 Å². The number of benzene rings is 5. The first-order valence-electron chi connectivity index (χ1n) is 17.6. The average molecular weight is 795 g/mol. The van der Waals surface area contributed by atoms with Crippen LogP contribution in [0.2, 0.25) is 20.1 Å². The van der Waals surface area contributed by atoms with Crippen LogP contribution < -0.4 is 14.5 Å². The fourth-order valence-electron chi connectivity index (χ4n) is 8.58. The Bertz CT molecular complexity index is 2520. The number of anilines is 5. The van der Waals surface area contributed by atoms with Crippen molar-refractivity contribution in [2.24, 2.45) is 0 Å². The average Bonchev–Trinajstić information content (AvgIpc) is 3.47. The predicted octanol–water partition coefficient (Wildman–Crippen LogP) is 14.0. The number of carbonyl (C=O) groups is 2. The lowest BCUT2D eigenvalue weighted by Gasteiger charge is -2.36. The number of para-hydroxylation sites is 2. The number of Topliss-reactive ketones (excluding diaryl/α,β-unsaturated/α-hetero) is 2. The van der Waals surface area contributed by atoms with Gasteiger partial charge < -0.3 is 14.5 Å². The van der Waals surface area contributed by atoms with E-state index in [1.165, 1.54) is 5.56 Å². The molecule has 0 radical (unpaired) electrons. The molecule has 2 heterocycles. The normalized spacial score (nSPS) is 16.1. The number of aryl methyl sites for hydroxylation is 6. The summed E-state index contributed by atoms with van der Waals surface area (Å²) in [4.78, 5) is 32.3. The molecule has 0 fully saturated rings. The van der Waals surface area contributed by atoms with Gasteiger partial charge in [-0.3, -0.25) is 9.59 Å². The third kappa shape index (κ3) is 5.27. The lowest BCUT2D eigenvalue weighted by atomic mass is 9.83. The Kier molecular flexibility index (Phi) is 8.63. The molecule has 0 spiro atoms. The lowest BCUT2D eigenvalue weighted by molar-refractivity contribution is 0.0989. The van der Waals surface area contributed by atoms with E-state index in [0.717, 1.165) is 79.0 Å². The number of hydrogen-bond donors (Lipinski definition) is 0. The number of nitrogens with zero attached hydrogens (tertiary/aromatic N) is 2. The highest BCUT2D eigenvalue weighted by Crippen LogP contribution is 2.60. The van der Waals surface area contributed by atoms with E-state index >= 15 is 0 Å². The number of allylic oxidation sites excluding steroid dienone is 4. The summed E-state index contributed by atoms with van der Waals surface area (Å²) in [7, 11) is 0. The molecule has 272 valence electrons. The zero-order chi connectivity index (χ0) is 38.7. The zero-order valence-corrected chi connectivity index (χ0v) is 34.1. The van der Waals surface area contributed by atoms with E-state index in [0.29, 0.717) is 0 Å². The van der Waals surface area contributed by atoms with Gasteiger partial charge in [0.1, 0.15) is 0 Å². The molecule has 54 heavy (non-hydrogen) atoms. The van der Waals surface area contributed by atoms with Crippen molar-refractivity contribution in [1.29, 1.82) is 0 Å². The molecule has 0 bridgehead atoms. The minimum atomic E-state index is -0.620. The lowest BCUT2D eigenvalue weighted by Crippen LogP contribution is -2.24. The first-order chi connectivity index (χ1) is 25.5. The maximum atomic E-state index is 13.9. The Morgan fingerprint density at radius 2 is 1.07 bits per heavy atom. The number of ketones is 2. The number of ether oxygens (including phenoxy) is 1. The summed E-state index contributed by atoms with van der Waals surface area (Å²) in [5.41, 5.74) is 12.9. The Labute approximate surface area is 335 Å². The van der Waals surface area contributed by atoms with Gasteiger partial charge >= 0.3 is 0 Å². The maximum Gasteiger partial charge on any atom is 0.199 e. The number of fused-ring (bicyclic) bond motifs is 4. The van der Waals surface area contributed by atoms with Gasteiger partial charge in [-0.05, 0) is 106 Å². The summed E-state index contributed by atoms with van der Waals surface area (Å²) in [5, 5.41) is -0.311. The third-order valence-electron chi connectivity index (χ3n) is 10.8. The van der Waals surface area contributed by atoms with Gasteiger partial charge in [0.15, 0.2) is 23.1 Å². The minimum Gasteiger partial charge on any atom is -0.453 e. The topological polar surface area (TPSA) is 49.9 Å². The van der Waals surface area contributed by atoms with Crippen molar-refractivity contribution in [3.8, 4) is 11.5 Å². The van der Waals surface area contributed by atoms with Gasteiger partial charge in [0.05, 0.1) is 65.2 Å². The third-order valence-corrected chi connectivity index (χ3v) is 12.6. The fourth-order valence-corrected chi connectivity index (χ4v) is 9.61. The van der Waals surface area contributed by atoms with Crippen LogP contribution in [-0.2, 0) is 5.41 Å². The standard InChI is InChI=1S/C45H36Cl4N2O3/c1-21-15-23(3)41(24(4)16-21)50-29-11-9-10-12-32(29)54-33-19-28-30(20-31(33)50)51(42-25(5)17-22(2)18-26(42)6)34(45(28,7)8)14-13-27-43(52)35-36(44(27)53)38(47)40(49)39(48)37(35)46/h9-20H,1-8H3/b34-14+. The molecule has 0 aromatic heterocycles. The van der Waals surface area contributed by atoms with Crippen LogP contribution >= 0.6 is 46.4 Å². The monoisotopic (exact) mass is 792 g/mol. The first kappa shape index (κ1) is 36.5. The summed E-state index contributed by atoms with van der Waals surface area (Å²) >= 11 is 25.6. The molecule has 0 atom stereocenters. The summed E-state index contributed by atoms with van der Waals surface area (Å²) in [6.45, 7) is 17.0. The molecule has 0 N–H and O–H groups in total. The smallest absolute Gasteiger partial charge is 0.199 e. The van der Waals surface area contributed by atoms with Gasteiger partial charge in [0.25, 0.3) is 0 Å². The highest BCUT2D eigenvalue weighted by molar-refractivity contribution is 6.57. The minimum absolute atomic E-state index is 0.0343. The summed E-state index contributed by atoms with van der Waals surface area (Å²) in [6, 6.07) is 21.2. The molecular weight excluding hydrogens is 758 g/mol. The molecule has 0 saturated heterocycles. The van der Waals surface area contributed by atoms with Crippen LogP contribution in [0, 0.1) is 41.5 Å². The van der Waals surface area contributed by atoms with Crippen LogP contribution in [0.5, 0.6) is 11.5 Å². The summed E-state index contributed by atoms with van der Waals surface area (Å²) < 4.78 is 6.71. The highest BCUT2D eigenvalue weighted by atomic mass is 35.5. The first-order valence-corrected chi connectivity index (χ1v) is 19.1. The second-order valence-electron chi connectivity index (χ2n) is 15.0. The SMILES string of the molecule is Cc1cc(C)c(N2/C(=C/C=C3C(=O)c4c(Cl)c(Cl)c(Cl)c(Cl)c4C3=O)C(C)(C)c3cc4c(cc32)N(c2c(C)cc(C)cc2C)c2ccccc2O4)c(C)c1. The van der Waals surface area contributed by atoms with E-state index in [4.69, 9.17) is 51.1 Å². The molecule has 1 aliphatic carbocycles. The highest BCUT2D eigenvalue weighted by Gasteiger charge is 2.45. The largest absolute Gasteiger partial charge is 0.453 e. The molecule has 5 aromatic rings.